The van der Waals surface area contributed by atoms with Crippen LogP contribution in [0.2, 0.25) is 0 Å². The van der Waals surface area contributed by atoms with Crippen molar-refractivity contribution >= 4 is 17.7 Å². The van der Waals surface area contributed by atoms with E-state index >= 15 is 0 Å². The number of aromatic nitrogens is 2. The van der Waals surface area contributed by atoms with Gasteiger partial charge in [0.05, 0.1) is 12.4 Å². The van der Waals surface area contributed by atoms with Crippen LogP contribution < -0.4 is 0 Å². The quantitative estimate of drug-likeness (QED) is 0.589. The molecule has 1 aromatic heterocycles. The van der Waals surface area contributed by atoms with Gasteiger partial charge >= 0.3 is 5.97 Å². The van der Waals surface area contributed by atoms with Gasteiger partial charge in [-0.15, -0.1) is 0 Å². The summed E-state index contributed by atoms with van der Waals surface area (Å²) in [5.41, 5.74) is 0.730. The molecule has 0 unspecified atom stereocenters. The molecule has 0 spiro atoms. The monoisotopic (exact) mass is 322 g/mol. The third kappa shape index (κ3) is 6.01. The van der Waals surface area contributed by atoms with E-state index < -0.39 is 19.0 Å². The topological polar surface area (TPSA) is 64.3 Å². The first-order chi connectivity index (χ1) is 9.71. The van der Waals surface area contributed by atoms with Crippen LogP contribution in [0.1, 0.15) is 26.5 Å². The van der Waals surface area contributed by atoms with Crippen LogP contribution >= 0.6 is 11.8 Å². The maximum Gasteiger partial charge on any atom is 0.313 e. The molecule has 0 aliphatic rings. The SMILES string of the molecule is CC(C)(C)c1cnc(SCC(=O)O)n1CCOCC(F)F. The van der Waals surface area contributed by atoms with E-state index in [-0.39, 0.29) is 17.8 Å². The van der Waals surface area contributed by atoms with E-state index in [4.69, 9.17) is 9.84 Å². The Kier molecular flexibility index (Phi) is 6.60. The summed E-state index contributed by atoms with van der Waals surface area (Å²) in [5, 5.41) is 9.30. The zero-order chi connectivity index (χ0) is 16.0. The van der Waals surface area contributed by atoms with Crippen LogP contribution in [0.15, 0.2) is 11.4 Å². The maximum atomic E-state index is 12.0. The average Bonchev–Trinajstić information content (AvgIpc) is 2.74. The molecule has 0 amide bonds. The molecule has 0 aliphatic heterocycles. The first-order valence-electron chi connectivity index (χ1n) is 6.48. The smallest absolute Gasteiger partial charge is 0.313 e. The minimum Gasteiger partial charge on any atom is -0.481 e. The third-order valence-electron chi connectivity index (χ3n) is 2.62. The Hall–Kier alpha value is -1.15. The molecule has 0 saturated heterocycles. The Balaban J connectivity index is 2.79. The van der Waals surface area contributed by atoms with E-state index in [1.165, 1.54) is 0 Å². The van der Waals surface area contributed by atoms with Crippen molar-refractivity contribution < 1.29 is 23.4 Å². The molecule has 21 heavy (non-hydrogen) atoms. The molecular weight excluding hydrogens is 302 g/mol. The van der Waals surface area contributed by atoms with Crippen LogP contribution in [0.4, 0.5) is 8.78 Å². The van der Waals surface area contributed by atoms with Crippen molar-refractivity contribution in [2.45, 2.75) is 44.3 Å². The van der Waals surface area contributed by atoms with Crippen molar-refractivity contribution in [2.24, 2.45) is 0 Å². The van der Waals surface area contributed by atoms with Gasteiger partial charge in [0.25, 0.3) is 6.43 Å². The highest BCUT2D eigenvalue weighted by molar-refractivity contribution is 7.99. The maximum absolute atomic E-state index is 12.0. The molecule has 0 atom stereocenters. The average molecular weight is 322 g/mol. The Morgan fingerprint density at radius 2 is 2.19 bits per heavy atom. The van der Waals surface area contributed by atoms with Gasteiger partial charge in [0.2, 0.25) is 0 Å². The van der Waals surface area contributed by atoms with Crippen LogP contribution in [0.25, 0.3) is 0 Å². The second-order valence-electron chi connectivity index (χ2n) is 5.48. The lowest BCUT2D eigenvalue weighted by Gasteiger charge is -2.21. The number of hydrogen-bond acceptors (Lipinski definition) is 4. The molecule has 1 heterocycles. The standard InChI is InChI=1S/C13H20F2N2O3S/c1-13(2,3)9-6-16-12(21-8-11(18)19)17(9)4-5-20-7-10(14)15/h6,10H,4-5,7-8H2,1-3H3,(H,18,19). The fourth-order valence-electron chi connectivity index (χ4n) is 1.74. The number of halogens is 2. The zero-order valence-electron chi connectivity index (χ0n) is 12.3. The van der Waals surface area contributed by atoms with Gasteiger partial charge in [-0.05, 0) is 0 Å². The molecule has 0 bridgehead atoms. The highest BCUT2D eigenvalue weighted by atomic mass is 32.2. The minimum absolute atomic E-state index is 0.0987. The summed E-state index contributed by atoms with van der Waals surface area (Å²) in [6, 6.07) is 0. The first-order valence-corrected chi connectivity index (χ1v) is 7.47. The highest BCUT2D eigenvalue weighted by Crippen LogP contribution is 2.27. The van der Waals surface area contributed by atoms with Gasteiger partial charge in [-0.25, -0.2) is 13.8 Å². The predicted octanol–water partition coefficient (Wildman–Crippen LogP) is 2.64. The van der Waals surface area contributed by atoms with E-state index in [1.807, 2.05) is 25.3 Å². The lowest BCUT2D eigenvalue weighted by atomic mass is 9.93. The van der Waals surface area contributed by atoms with Gasteiger partial charge in [-0.2, -0.15) is 0 Å². The molecule has 0 fully saturated rings. The Morgan fingerprint density at radius 1 is 1.52 bits per heavy atom. The summed E-state index contributed by atoms with van der Waals surface area (Å²) in [4.78, 5) is 14.9. The number of aliphatic carboxylic acids is 1. The van der Waals surface area contributed by atoms with Gasteiger partial charge in [-0.1, -0.05) is 32.5 Å². The first kappa shape index (κ1) is 17.9. The van der Waals surface area contributed by atoms with E-state index in [0.717, 1.165) is 17.5 Å². The fourth-order valence-corrected chi connectivity index (χ4v) is 2.47. The number of hydrogen-bond donors (Lipinski definition) is 1. The van der Waals surface area contributed by atoms with E-state index in [0.29, 0.717) is 11.7 Å². The molecule has 0 saturated carbocycles. The number of carboxylic acids is 1. The van der Waals surface area contributed by atoms with Crippen LogP contribution in [-0.4, -0.2) is 46.0 Å². The zero-order valence-corrected chi connectivity index (χ0v) is 13.1. The van der Waals surface area contributed by atoms with Gasteiger partial charge in [0, 0.05) is 23.9 Å². The van der Waals surface area contributed by atoms with Crippen LogP contribution in [-0.2, 0) is 21.5 Å². The number of ether oxygens (including phenoxy) is 1. The van der Waals surface area contributed by atoms with E-state index in [1.54, 1.807) is 6.20 Å². The summed E-state index contributed by atoms with van der Waals surface area (Å²) >= 11 is 1.11. The molecule has 1 N–H and O–H groups in total. The summed E-state index contributed by atoms with van der Waals surface area (Å²) in [6.45, 7) is 5.91. The molecule has 0 aliphatic carbocycles. The second-order valence-corrected chi connectivity index (χ2v) is 6.42. The molecule has 0 aromatic carbocycles. The van der Waals surface area contributed by atoms with Crippen LogP contribution in [0, 0.1) is 0 Å². The minimum atomic E-state index is -2.49. The van der Waals surface area contributed by atoms with Crippen LogP contribution in [0.5, 0.6) is 0 Å². The van der Waals surface area contributed by atoms with E-state index in [2.05, 4.69) is 4.98 Å². The molecule has 1 rings (SSSR count). The van der Waals surface area contributed by atoms with Gasteiger partial charge in [0.1, 0.15) is 6.61 Å². The normalized spacial score (nSPS) is 12.1. The summed E-state index contributed by atoms with van der Waals surface area (Å²) in [6.07, 6.45) is -0.798. The molecule has 8 heteroatoms. The van der Waals surface area contributed by atoms with Crippen molar-refractivity contribution in [3.8, 4) is 0 Å². The Morgan fingerprint density at radius 3 is 2.71 bits per heavy atom. The summed E-state index contributed by atoms with van der Waals surface area (Å²) < 4.78 is 30.8. The second kappa shape index (κ2) is 7.74. The lowest BCUT2D eigenvalue weighted by Crippen LogP contribution is -2.20. The number of nitrogens with zero attached hydrogens (tertiary/aromatic N) is 2. The van der Waals surface area contributed by atoms with Crippen molar-refractivity contribution in [2.75, 3.05) is 19.0 Å². The largest absolute Gasteiger partial charge is 0.481 e. The summed E-state index contributed by atoms with van der Waals surface area (Å²) in [7, 11) is 0. The van der Waals surface area contributed by atoms with Crippen molar-refractivity contribution in [1.29, 1.82) is 0 Å². The third-order valence-corrected chi connectivity index (χ3v) is 3.59. The number of imidazole rings is 1. The molecule has 5 nitrogen and oxygen atoms in total. The Labute approximate surface area is 126 Å². The van der Waals surface area contributed by atoms with Gasteiger partial charge in [0.15, 0.2) is 5.16 Å². The van der Waals surface area contributed by atoms with E-state index in [9.17, 15) is 13.6 Å². The molecule has 0 radical (unpaired) electrons. The predicted molar refractivity (Wildman–Crippen MR) is 76.1 cm³/mol. The van der Waals surface area contributed by atoms with Crippen molar-refractivity contribution in [3.63, 3.8) is 0 Å². The number of rotatable bonds is 8. The van der Waals surface area contributed by atoms with Crippen LogP contribution in [0.3, 0.4) is 0 Å². The number of carbonyl (C=O) groups is 1. The number of alkyl halides is 2. The Bertz CT molecular complexity index is 472. The number of carboxylic acid groups (broad SMARTS) is 1. The lowest BCUT2D eigenvalue weighted by molar-refractivity contribution is -0.133. The molecule has 1 aromatic rings. The highest BCUT2D eigenvalue weighted by Gasteiger charge is 2.22. The van der Waals surface area contributed by atoms with Crippen molar-refractivity contribution in [3.05, 3.63) is 11.9 Å². The van der Waals surface area contributed by atoms with Crippen molar-refractivity contribution in [1.82, 2.24) is 9.55 Å². The fraction of sp³-hybridized carbons (Fsp3) is 0.692. The molecule has 120 valence electrons. The summed E-state index contributed by atoms with van der Waals surface area (Å²) in [5.74, 6) is -1.03. The molecular formula is C13H20F2N2O3S. The number of thioether (sulfide) groups is 1. The van der Waals surface area contributed by atoms with Gasteiger partial charge < -0.3 is 14.4 Å². The van der Waals surface area contributed by atoms with Gasteiger partial charge in [-0.3, -0.25) is 4.79 Å².